The number of carbonyl (C=O) groups excluding carboxylic acids is 1. The fourth-order valence-electron chi connectivity index (χ4n) is 2.24. The largest absolute Gasteiger partial charge is 0.335 e. The molecule has 1 amide bonds. The minimum Gasteiger partial charge on any atom is -0.335 e. The molecular weight excluding hydrogens is 220 g/mol. The molecule has 0 radical (unpaired) electrons. The molecular formula is C12H18N2OS. The van der Waals surface area contributed by atoms with Gasteiger partial charge in [0.05, 0.1) is 6.04 Å². The Kier molecular flexibility index (Phi) is 3.96. The van der Waals surface area contributed by atoms with Crippen molar-refractivity contribution < 1.29 is 4.79 Å². The molecule has 2 rings (SSSR count). The van der Waals surface area contributed by atoms with Gasteiger partial charge < -0.3 is 10.6 Å². The van der Waals surface area contributed by atoms with Crippen LogP contribution in [0.5, 0.6) is 0 Å². The molecule has 1 aliphatic rings. The van der Waals surface area contributed by atoms with E-state index >= 15 is 0 Å². The molecule has 0 aliphatic carbocycles. The molecule has 1 atom stereocenters. The summed E-state index contributed by atoms with van der Waals surface area (Å²) in [5, 5.41) is 2.08. The molecule has 1 aromatic rings. The van der Waals surface area contributed by atoms with Crippen LogP contribution in [0.25, 0.3) is 0 Å². The van der Waals surface area contributed by atoms with Crippen molar-refractivity contribution in [1.82, 2.24) is 4.90 Å². The molecule has 0 bridgehead atoms. The number of amides is 1. The highest BCUT2D eigenvalue weighted by Gasteiger charge is 2.29. The van der Waals surface area contributed by atoms with E-state index in [-0.39, 0.29) is 5.91 Å². The average Bonchev–Trinajstić information content (AvgIpc) is 2.94. The summed E-state index contributed by atoms with van der Waals surface area (Å²) in [6, 6.07) is 4.51. The van der Waals surface area contributed by atoms with Crippen LogP contribution in [0.1, 0.15) is 36.6 Å². The summed E-state index contributed by atoms with van der Waals surface area (Å²) in [6.45, 7) is 1.51. The van der Waals surface area contributed by atoms with Crippen molar-refractivity contribution in [2.75, 3.05) is 13.1 Å². The van der Waals surface area contributed by atoms with E-state index in [1.54, 1.807) is 11.3 Å². The number of hydrogen-bond acceptors (Lipinski definition) is 3. The SMILES string of the molecule is NCCCC(=O)N1CCCC1c1cccs1. The minimum absolute atomic E-state index is 0.265. The van der Waals surface area contributed by atoms with Gasteiger partial charge in [-0.25, -0.2) is 0 Å². The number of thiophene rings is 1. The second-order valence-electron chi connectivity index (χ2n) is 4.15. The van der Waals surface area contributed by atoms with Gasteiger partial charge in [0.15, 0.2) is 0 Å². The van der Waals surface area contributed by atoms with Crippen LogP contribution >= 0.6 is 11.3 Å². The first-order chi connectivity index (χ1) is 7.83. The van der Waals surface area contributed by atoms with E-state index in [0.29, 0.717) is 19.0 Å². The fourth-order valence-corrected chi connectivity index (χ4v) is 3.11. The number of likely N-dealkylation sites (tertiary alicyclic amines) is 1. The Bertz CT molecular complexity index is 337. The van der Waals surface area contributed by atoms with E-state index in [1.165, 1.54) is 4.88 Å². The topological polar surface area (TPSA) is 46.3 Å². The number of hydrogen-bond donors (Lipinski definition) is 1. The molecule has 1 aromatic heterocycles. The predicted octanol–water partition coefficient (Wildman–Crippen LogP) is 2.15. The van der Waals surface area contributed by atoms with Gasteiger partial charge in [0.25, 0.3) is 0 Å². The number of rotatable bonds is 4. The highest BCUT2D eigenvalue weighted by molar-refractivity contribution is 7.10. The average molecular weight is 238 g/mol. The molecule has 16 heavy (non-hydrogen) atoms. The Hall–Kier alpha value is -0.870. The molecule has 4 heteroatoms. The molecule has 0 saturated carbocycles. The van der Waals surface area contributed by atoms with Crippen LogP contribution in [0.15, 0.2) is 17.5 Å². The highest BCUT2D eigenvalue weighted by atomic mass is 32.1. The predicted molar refractivity (Wildman–Crippen MR) is 66.3 cm³/mol. The van der Waals surface area contributed by atoms with Gasteiger partial charge in [0.1, 0.15) is 0 Å². The summed E-state index contributed by atoms with van der Waals surface area (Å²) in [7, 11) is 0. The lowest BCUT2D eigenvalue weighted by atomic mass is 10.1. The highest BCUT2D eigenvalue weighted by Crippen LogP contribution is 2.34. The van der Waals surface area contributed by atoms with Crippen LogP contribution in [0, 0.1) is 0 Å². The van der Waals surface area contributed by atoms with E-state index in [9.17, 15) is 4.79 Å². The summed E-state index contributed by atoms with van der Waals surface area (Å²) in [5.74, 6) is 0.265. The smallest absolute Gasteiger partial charge is 0.223 e. The molecule has 0 aromatic carbocycles. The minimum atomic E-state index is 0.265. The van der Waals surface area contributed by atoms with Crippen molar-refractivity contribution in [2.24, 2.45) is 5.73 Å². The van der Waals surface area contributed by atoms with Crippen LogP contribution in [0.2, 0.25) is 0 Å². The Balaban J connectivity index is 2.01. The van der Waals surface area contributed by atoms with Gasteiger partial charge in [-0.3, -0.25) is 4.79 Å². The molecule has 0 spiro atoms. The van der Waals surface area contributed by atoms with Crippen molar-refractivity contribution in [2.45, 2.75) is 31.7 Å². The van der Waals surface area contributed by atoms with Gasteiger partial charge in [0, 0.05) is 17.8 Å². The quantitative estimate of drug-likeness (QED) is 0.873. The monoisotopic (exact) mass is 238 g/mol. The lowest BCUT2D eigenvalue weighted by Crippen LogP contribution is -2.30. The third-order valence-electron chi connectivity index (χ3n) is 3.04. The van der Waals surface area contributed by atoms with E-state index in [0.717, 1.165) is 25.8 Å². The van der Waals surface area contributed by atoms with Crippen LogP contribution in [0.3, 0.4) is 0 Å². The first kappa shape index (κ1) is 11.6. The molecule has 1 unspecified atom stereocenters. The van der Waals surface area contributed by atoms with Crippen LogP contribution < -0.4 is 5.73 Å². The first-order valence-electron chi connectivity index (χ1n) is 5.86. The zero-order valence-electron chi connectivity index (χ0n) is 9.39. The third kappa shape index (κ3) is 2.44. The Morgan fingerprint density at radius 2 is 2.50 bits per heavy atom. The van der Waals surface area contributed by atoms with Gasteiger partial charge >= 0.3 is 0 Å². The van der Waals surface area contributed by atoms with Crippen LogP contribution in [0.4, 0.5) is 0 Å². The van der Waals surface area contributed by atoms with E-state index < -0.39 is 0 Å². The third-order valence-corrected chi connectivity index (χ3v) is 4.01. The van der Waals surface area contributed by atoms with E-state index in [2.05, 4.69) is 17.5 Å². The zero-order chi connectivity index (χ0) is 11.4. The van der Waals surface area contributed by atoms with Gasteiger partial charge in [-0.15, -0.1) is 11.3 Å². The van der Waals surface area contributed by atoms with Gasteiger partial charge in [-0.1, -0.05) is 6.07 Å². The number of carbonyl (C=O) groups is 1. The van der Waals surface area contributed by atoms with Crippen molar-refractivity contribution in [1.29, 1.82) is 0 Å². The number of nitrogens with two attached hydrogens (primary N) is 1. The summed E-state index contributed by atoms with van der Waals surface area (Å²) < 4.78 is 0. The molecule has 2 heterocycles. The summed E-state index contributed by atoms with van der Waals surface area (Å²) in [5.41, 5.74) is 5.44. The Morgan fingerprint density at radius 1 is 1.62 bits per heavy atom. The van der Waals surface area contributed by atoms with Crippen molar-refractivity contribution >= 4 is 17.2 Å². The van der Waals surface area contributed by atoms with Crippen molar-refractivity contribution in [3.05, 3.63) is 22.4 Å². The summed E-state index contributed by atoms with van der Waals surface area (Å²) >= 11 is 1.75. The standard InChI is InChI=1S/C12H18N2OS/c13-7-1-6-12(15)14-8-2-4-10(14)11-5-3-9-16-11/h3,5,9-10H,1-2,4,6-8,13H2. The van der Waals surface area contributed by atoms with Gasteiger partial charge in [0.2, 0.25) is 5.91 Å². The van der Waals surface area contributed by atoms with Crippen molar-refractivity contribution in [3.63, 3.8) is 0 Å². The maximum Gasteiger partial charge on any atom is 0.223 e. The second-order valence-corrected chi connectivity index (χ2v) is 5.13. The fraction of sp³-hybridized carbons (Fsp3) is 0.583. The lowest BCUT2D eigenvalue weighted by Gasteiger charge is -2.23. The molecule has 2 N–H and O–H groups in total. The Labute approximate surface area is 100 Å². The maximum absolute atomic E-state index is 12.0. The second kappa shape index (κ2) is 5.46. The van der Waals surface area contributed by atoms with E-state index in [4.69, 9.17) is 5.73 Å². The van der Waals surface area contributed by atoms with Crippen LogP contribution in [-0.2, 0) is 4.79 Å². The van der Waals surface area contributed by atoms with Gasteiger partial charge in [-0.2, -0.15) is 0 Å². The molecule has 88 valence electrons. The zero-order valence-corrected chi connectivity index (χ0v) is 10.2. The van der Waals surface area contributed by atoms with E-state index in [1.807, 2.05) is 4.90 Å². The number of nitrogens with zero attached hydrogens (tertiary/aromatic N) is 1. The summed E-state index contributed by atoms with van der Waals surface area (Å²) in [6.07, 6.45) is 3.62. The first-order valence-corrected chi connectivity index (χ1v) is 6.74. The molecule has 1 aliphatic heterocycles. The molecule has 3 nitrogen and oxygen atoms in total. The molecule has 1 fully saturated rings. The van der Waals surface area contributed by atoms with Gasteiger partial charge in [-0.05, 0) is 37.3 Å². The maximum atomic E-state index is 12.0. The van der Waals surface area contributed by atoms with Crippen molar-refractivity contribution in [3.8, 4) is 0 Å². The lowest BCUT2D eigenvalue weighted by molar-refractivity contribution is -0.132. The summed E-state index contributed by atoms with van der Waals surface area (Å²) in [4.78, 5) is 15.3. The molecule has 1 saturated heterocycles. The normalized spacial score (nSPS) is 20.3. The van der Waals surface area contributed by atoms with Crippen LogP contribution in [-0.4, -0.2) is 23.9 Å². The Morgan fingerprint density at radius 3 is 3.19 bits per heavy atom.